The highest BCUT2D eigenvalue weighted by molar-refractivity contribution is 7.97. The number of amidine groups is 1. The standard InChI is InChI=1S/C28H38N4O3S/c1-27(2,3)35-26(33)31-15-12-28(13-16-31)11-9-22-21-25(29-14-10-24(22)34-28)30-17-19-32(20-18-30)36-23-7-5-4-6-8-23/h4-8,10,21H,9,11-20H2,1-3H3. The zero-order valence-corrected chi connectivity index (χ0v) is 22.6. The highest BCUT2D eigenvalue weighted by atomic mass is 32.2. The number of hydrogen-bond donors (Lipinski definition) is 0. The normalized spacial score (nSPS) is 22.6. The molecule has 1 aromatic carbocycles. The molecule has 0 atom stereocenters. The van der Waals surface area contributed by atoms with E-state index in [2.05, 4.69) is 51.7 Å². The molecule has 5 rings (SSSR count). The van der Waals surface area contributed by atoms with Gasteiger partial charge in [0.05, 0.1) is 6.54 Å². The number of allylic oxidation sites excluding steroid dienone is 1. The smallest absolute Gasteiger partial charge is 0.410 e. The second-order valence-corrected chi connectivity index (χ2v) is 12.2. The van der Waals surface area contributed by atoms with Crippen molar-refractivity contribution < 1.29 is 14.3 Å². The van der Waals surface area contributed by atoms with Gasteiger partial charge in [0.25, 0.3) is 0 Å². The van der Waals surface area contributed by atoms with Crippen LogP contribution in [0.3, 0.4) is 0 Å². The number of hydrogen-bond acceptors (Lipinski definition) is 7. The first kappa shape index (κ1) is 25.2. The van der Waals surface area contributed by atoms with Crippen molar-refractivity contribution >= 4 is 23.9 Å². The van der Waals surface area contributed by atoms with Crippen LogP contribution in [0.1, 0.15) is 46.5 Å². The lowest BCUT2D eigenvalue weighted by Gasteiger charge is -2.45. The van der Waals surface area contributed by atoms with E-state index in [1.807, 2.05) is 37.6 Å². The predicted molar refractivity (Wildman–Crippen MR) is 144 cm³/mol. The van der Waals surface area contributed by atoms with Crippen molar-refractivity contribution in [3.05, 3.63) is 53.8 Å². The van der Waals surface area contributed by atoms with Gasteiger partial charge in [0.2, 0.25) is 0 Å². The summed E-state index contributed by atoms with van der Waals surface area (Å²) < 4.78 is 14.7. The third kappa shape index (κ3) is 6.09. The predicted octanol–water partition coefficient (Wildman–Crippen LogP) is 5.11. The SMILES string of the molecule is CC(C)(C)OC(=O)N1CCC2(CCC3=CC(N4CCN(Sc5ccccc5)CC4)=NCC=C3O2)CC1. The van der Waals surface area contributed by atoms with Gasteiger partial charge < -0.3 is 19.3 Å². The van der Waals surface area contributed by atoms with E-state index in [0.717, 1.165) is 63.5 Å². The van der Waals surface area contributed by atoms with E-state index in [-0.39, 0.29) is 11.7 Å². The van der Waals surface area contributed by atoms with Crippen LogP contribution in [-0.2, 0) is 9.47 Å². The van der Waals surface area contributed by atoms with E-state index in [9.17, 15) is 4.79 Å². The molecule has 1 spiro atoms. The van der Waals surface area contributed by atoms with Crippen molar-refractivity contribution in [1.29, 1.82) is 0 Å². The second kappa shape index (κ2) is 10.5. The zero-order valence-electron chi connectivity index (χ0n) is 21.7. The summed E-state index contributed by atoms with van der Waals surface area (Å²) in [5, 5.41) is 0. The molecule has 0 unspecified atom stereocenters. The van der Waals surface area contributed by atoms with Gasteiger partial charge in [-0.15, -0.1) is 0 Å². The summed E-state index contributed by atoms with van der Waals surface area (Å²) in [5.41, 5.74) is 0.600. The number of piperazine rings is 1. The molecular formula is C28H38N4O3S. The Bertz CT molecular complexity index is 1030. The van der Waals surface area contributed by atoms with Gasteiger partial charge in [0.1, 0.15) is 22.8 Å². The molecular weight excluding hydrogens is 472 g/mol. The van der Waals surface area contributed by atoms with Crippen molar-refractivity contribution in [3.8, 4) is 0 Å². The quantitative estimate of drug-likeness (QED) is 0.515. The van der Waals surface area contributed by atoms with Crippen molar-refractivity contribution in [3.63, 3.8) is 0 Å². The Morgan fingerprint density at radius 2 is 1.75 bits per heavy atom. The van der Waals surface area contributed by atoms with Gasteiger partial charge in [-0.3, -0.25) is 4.99 Å². The Morgan fingerprint density at radius 3 is 2.44 bits per heavy atom. The molecule has 0 aliphatic carbocycles. The molecule has 4 heterocycles. The van der Waals surface area contributed by atoms with Crippen LogP contribution in [0.15, 0.2) is 63.7 Å². The maximum atomic E-state index is 12.5. The largest absolute Gasteiger partial charge is 0.487 e. The number of fused-ring (bicyclic) bond motifs is 1. The molecule has 0 radical (unpaired) electrons. The zero-order chi connectivity index (χ0) is 25.2. The number of benzene rings is 1. The highest BCUT2D eigenvalue weighted by Gasteiger charge is 2.42. The Kier molecular flexibility index (Phi) is 7.35. The fourth-order valence-electron chi connectivity index (χ4n) is 5.18. The van der Waals surface area contributed by atoms with Crippen molar-refractivity contribution in [2.45, 2.75) is 62.6 Å². The summed E-state index contributed by atoms with van der Waals surface area (Å²) in [5.74, 6) is 2.07. The molecule has 4 aliphatic heterocycles. The van der Waals surface area contributed by atoms with E-state index >= 15 is 0 Å². The van der Waals surface area contributed by atoms with E-state index in [1.54, 1.807) is 0 Å². The summed E-state index contributed by atoms with van der Waals surface area (Å²) in [6.07, 6.45) is 7.82. The monoisotopic (exact) mass is 510 g/mol. The maximum Gasteiger partial charge on any atom is 0.410 e. The van der Waals surface area contributed by atoms with Crippen LogP contribution in [-0.4, -0.2) is 83.0 Å². The Hall–Kier alpha value is -2.45. The molecule has 0 N–H and O–H groups in total. The minimum atomic E-state index is -0.469. The first-order chi connectivity index (χ1) is 17.3. The third-order valence-corrected chi connectivity index (χ3v) is 8.30. The minimum Gasteiger partial charge on any atom is -0.487 e. The van der Waals surface area contributed by atoms with Crippen LogP contribution in [0.5, 0.6) is 0 Å². The maximum absolute atomic E-state index is 12.5. The molecule has 1 amide bonds. The fraction of sp³-hybridized carbons (Fsp3) is 0.571. The summed E-state index contributed by atoms with van der Waals surface area (Å²) in [4.78, 5) is 22.9. The van der Waals surface area contributed by atoms with Crippen LogP contribution in [0, 0.1) is 0 Å². The van der Waals surface area contributed by atoms with Gasteiger partial charge in [-0.25, -0.2) is 9.10 Å². The molecule has 194 valence electrons. The van der Waals surface area contributed by atoms with Gasteiger partial charge >= 0.3 is 6.09 Å². The van der Waals surface area contributed by atoms with E-state index in [4.69, 9.17) is 14.5 Å². The summed E-state index contributed by atoms with van der Waals surface area (Å²) in [6, 6.07) is 10.6. The first-order valence-corrected chi connectivity index (χ1v) is 13.9. The van der Waals surface area contributed by atoms with Crippen LogP contribution in [0.2, 0.25) is 0 Å². The summed E-state index contributed by atoms with van der Waals surface area (Å²) >= 11 is 1.84. The van der Waals surface area contributed by atoms with Crippen LogP contribution < -0.4 is 0 Å². The molecule has 3 fully saturated rings. The number of rotatable bonds is 2. The van der Waals surface area contributed by atoms with Gasteiger partial charge in [0, 0.05) is 57.0 Å². The van der Waals surface area contributed by atoms with Gasteiger partial charge in [-0.1, -0.05) is 18.2 Å². The van der Waals surface area contributed by atoms with E-state index < -0.39 is 5.60 Å². The van der Waals surface area contributed by atoms with Crippen molar-refractivity contribution in [2.24, 2.45) is 4.99 Å². The van der Waals surface area contributed by atoms with Crippen molar-refractivity contribution in [1.82, 2.24) is 14.1 Å². The first-order valence-electron chi connectivity index (χ1n) is 13.1. The molecule has 4 aliphatic rings. The lowest BCUT2D eigenvalue weighted by molar-refractivity contribution is -0.0648. The molecule has 0 bridgehead atoms. The molecule has 36 heavy (non-hydrogen) atoms. The lowest BCUT2D eigenvalue weighted by atomic mass is 9.82. The van der Waals surface area contributed by atoms with Crippen LogP contribution in [0.25, 0.3) is 0 Å². The van der Waals surface area contributed by atoms with Gasteiger partial charge in [0.15, 0.2) is 0 Å². The molecule has 3 saturated heterocycles. The fourth-order valence-corrected chi connectivity index (χ4v) is 6.10. The van der Waals surface area contributed by atoms with E-state index in [1.165, 1.54) is 10.5 Å². The van der Waals surface area contributed by atoms with Gasteiger partial charge in [-0.2, -0.15) is 0 Å². The Morgan fingerprint density at radius 1 is 1.03 bits per heavy atom. The molecule has 0 aromatic heterocycles. The number of carbonyl (C=O) groups is 1. The number of amides is 1. The number of piperidine rings is 1. The molecule has 1 aromatic rings. The Labute approximate surface area is 219 Å². The van der Waals surface area contributed by atoms with Gasteiger partial charge in [-0.05, 0) is 75.4 Å². The topological polar surface area (TPSA) is 57.6 Å². The second-order valence-electron chi connectivity index (χ2n) is 11.0. The number of likely N-dealkylation sites (tertiary alicyclic amines) is 1. The minimum absolute atomic E-state index is 0.188. The van der Waals surface area contributed by atoms with Crippen LogP contribution in [0.4, 0.5) is 4.79 Å². The van der Waals surface area contributed by atoms with Crippen molar-refractivity contribution in [2.75, 3.05) is 45.8 Å². The molecule has 0 saturated carbocycles. The summed E-state index contributed by atoms with van der Waals surface area (Å²) in [7, 11) is 0. The Balaban J connectivity index is 1.14. The summed E-state index contributed by atoms with van der Waals surface area (Å²) in [6.45, 7) is 11.7. The average molecular weight is 511 g/mol. The highest BCUT2D eigenvalue weighted by Crippen LogP contribution is 2.42. The van der Waals surface area contributed by atoms with Crippen LogP contribution >= 0.6 is 11.9 Å². The lowest BCUT2D eigenvalue weighted by Crippen LogP contribution is -2.50. The molecule has 8 heteroatoms. The number of ether oxygens (including phenoxy) is 2. The number of aliphatic imine (C=N–C) groups is 1. The number of nitrogens with zero attached hydrogens (tertiary/aromatic N) is 4. The molecule has 7 nitrogen and oxygen atoms in total. The third-order valence-electron chi connectivity index (χ3n) is 7.19. The average Bonchev–Trinajstić information content (AvgIpc) is 3.06. The number of carbonyl (C=O) groups excluding carboxylic acids is 1. The van der Waals surface area contributed by atoms with E-state index in [0.29, 0.717) is 19.6 Å².